The molecule has 1 aromatic heterocycles. The number of para-hydroxylation sites is 1. The average molecular weight is 350 g/mol. The van der Waals surface area contributed by atoms with Gasteiger partial charge in [0, 0.05) is 40.1 Å². The van der Waals surface area contributed by atoms with Crippen LogP contribution in [0.3, 0.4) is 0 Å². The van der Waals surface area contributed by atoms with E-state index in [-0.39, 0.29) is 5.91 Å². The largest absolute Gasteiger partial charge is 0.449 e. The molecule has 5 heteroatoms. The van der Waals surface area contributed by atoms with Gasteiger partial charge in [0.25, 0.3) is 5.91 Å². The Morgan fingerprint density at radius 3 is 2.62 bits per heavy atom. The van der Waals surface area contributed by atoms with Crippen molar-refractivity contribution >= 4 is 39.4 Å². The fourth-order valence-electron chi connectivity index (χ4n) is 3.12. The molecule has 1 atom stereocenters. The first kappa shape index (κ1) is 17.7. The molecule has 0 aliphatic carbocycles. The molecule has 0 saturated carbocycles. The number of hydrogen-bond acceptors (Lipinski definition) is 3. The van der Waals surface area contributed by atoms with Crippen LogP contribution in [0.2, 0.25) is 0 Å². The average Bonchev–Trinajstić information content (AvgIpc) is 2.95. The van der Waals surface area contributed by atoms with E-state index in [0.717, 1.165) is 22.8 Å². The SMILES string of the molecule is C/C=C/C(=O)O[C@H](C)C(=O)Nc1ccc2c(c1)c1ccccc1n2CC. The number of nitrogens with zero attached hydrogens (tertiary/aromatic N) is 1. The Balaban J connectivity index is 1.89. The van der Waals surface area contributed by atoms with Crippen LogP contribution in [0.5, 0.6) is 0 Å². The summed E-state index contributed by atoms with van der Waals surface area (Å²) in [5.41, 5.74) is 2.97. The minimum atomic E-state index is -0.869. The van der Waals surface area contributed by atoms with E-state index in [2.05, 4.69) is 28.9 Å². The van der Waals surface area contributed by atoms with Crippen LogP contribution < -0.4 is 5.32 Å². The van der Waals surface area contributed by atoms with Gasteiger partial charge >= 0.3 is 5.97 Å². The first-order chi connectivity index (χ1) is 12.5. The molecule has 0 bridgehead atoms. The van der Waals surface area contributed by atoms with E-state index < -0.39 is 12.1 Å². The number of aryl methyl sites for hydroxylation is 1. The van der Waals surface area contributed by atoms with Crippen molar-refractivity contribution in [3.05, 3.63) is 54.6 Å². The molecule has 2 aromatic carbocycles. The van der Waals surface area contributed by atoms with Crippen molar-refractivity contribution < 1.29 is 14.3 Å². The number of anilines is 1. The van der Waals surface area contributed by atoms with Crippen LogP contribution in [-0.4, -0.2) is 22.5 Å². The van der Waals surface area contributed by atoms with Crippen LogP contribution in [0.1, 0.15) is 20.8 Å². The van der Waals surface area contributed by atoms with Gasteiger partial charge in [-0.2, -0.15) is 0 Å². The highest BCUT2D eigenvalue weighted by molar-refractivity contribution is 6.10. The summed E-state index contributed by atoms with van der Waals surface area (Å²) < 4.78 is 7.31. The van der Waals surface area contributed by atoms with Gasteiger partial charge in [0.1, 0.15) is 0 Å². The Hall–Kier alpha value is -3.08. The smallest absolute Gasteiger partial charge is 0.331 e. The third-order valence-electron chi connectivity index (χ3n) is 4.32. The maximum absolute atomic E-state index is 12.3. The monoisotopic (exact) mass is 350 g/mol. The number of amides is 1. The number of rotatable bonds is 5. The van der Waals surface area contributed by atoms with Crippen LogP contribution >= 0.6 is 0 Å². The zero-order valence-electron chi connectivity index (χ0n) is 15.2. The standard InChI is InChI=1S/C21H22N2O3/c1-4-8-20(24)26-14(3)21(25)22-15-11-12-19-17(13-15)16-9-6-7-10-18(16)23(19)5-2/h4,6-14H,5H2,1-3H3,(H,22,25)/b8-4+/t14-/m1/s1. The molecule has 0 fully saturated rings. The molecule has 134 valence electrons. The Morgan fingerprint density at radius 2 is 1.88 bits per heavy atom. The van der Waals surface area contributed by atoms with E-state index in [9.17, 15) is 9.59 Å². The van der Waals surface area contributed by atoms with Crippen molar-refractivity contribution in [2.45, 2.75) is 33.4 Å². The molecule has 26 heavy (non-hydrogen) atoms. The number of ether oxygens (including phenoxy) is 1. The van der Waals surface area contributed by atoms with Gasteiger partial charge in [-0.05, 0) is 45.0 Å². The number of hydrogen-bond donors (Lipinski definition) is 1. The van der Waals surface area contributed by atoms with Gasteiger partial charge in [-0.15, -0.1) is 0 Å². The summed E-state index contributed by atoms with van der Waals surface area (Å²) in [6, 6.07) is 14.0. The predicted molar refractivity (Wildman–Crippen MR) is 104 cm³/mol. The normalized spacial score (nSPS) is 12.6. The Morgan fingerprint density at radius 1 is 1.15 bits per heavy atom. The summed E-state index contributed by atoms with van der Waals surface area (Å²) in [6.07, 6.45) is 1.99. The number of nitrogens with one attached hydrogen (secondary N) is 1. The molecule has 3 rings (SSSR count). The molecule has 0 saturated heterocycles. The summed E-state index contributed by atoms with van der Waals surface area (Å²) in [5, 5.41) is 5.05. The zero-order valence-corrected chi connectivity index (χ0v) is 15.2. The van der Waals surface area contributed by atoms with E-state index in [1.165, 1.54) is 11.6 Å². The van der Waals surface area contributed by atoms with Gasteiger partial charge in [0.2, 0.25) is 0 Å². The molecule has 0 aliphatic rings. The van der Waals surface area contributed by atoms with Gasteiger partial charge in [-0.25, -0.2) is 4.79 Å². The topological polar surface area (TPSA) is 60.3 Å². The second-order valence-corrected chi connectivity index (χ2v) is 6.06. The number of carbonyl (C=O) groups is 2. The van der Waals surface area contributed by atoms with Gasteiger partial charge in [-0.3, -0.25) is 4.79 Å². The molecule has 0 spiro atoms. The first-order valence-corrected chi connectivity index (χ1v) is 8.70. The lowest BCUT2D eigenvalue weighted by molar-refractivity contribution is -0.148. The van der Waals surface area contributed by atoms with Crippen molar-refractivity contribution in [2.75, 3.05) is 5.32 Å². The summed E-state index contributed by atoms with van der Waals surface area (Å²) in [4.78, 5) is 23.8. The van der Waals surface area contributed by atoms with Crippen LogP contribution in [0.4, 0.5) is 5.69 Å². The quantitative estimate of drug-likeness (QED) is 0.552. The van der Waals surface area contributed by atoms with Gasteiger partial charge < -0.3 is 14.6 Å². The molecule has 1 N–H and O–H groups in total. The molecular formula is C21H22N2O3. The fourth-order valence-corrected chi connectivity index (χ4v) is 3.12. The highest BCUT2D eigenvalue weighted by atomic mass is 16.5. The maximum atomic E-state index is 12.3. The molecule has 1 amide bonds. The van der Waals surface area contributed by atoms with Crippen molar-refractivity contribution in [2.24, 2.45) is 0 Å². The molecule has 0 aliphatic heterocycles. The molecule has 0 radical (unpaired) electrons. The number of carbonyl (C=O) groups excluding carboxylic acids is 2. The lowest BCUT2D eigenvalue weighted by Crippen LogP contribution is -2.29. The van der Waals surface area contributed by atoms with Crippen molar-refractivity contribution in [3.8, 4) is 0 Å². The van der Waals surface area contributed by atoms with Crippen molar-refractivity contribution in [1.82, 2.24) is 4.57 Å². The number of aromatic nitrogens is 1. The summed E-state index contributed by atoms with van der Waals surface area (Å²) in [5.74, 6) is -0.891. The molecule has 1 heterocycles. The lowest BCUT2D eigenvalue weighted by atomic mass is 10.1. The number of benzene rings is 2. The lowest BCUT2D eigenvalue weighted by Gasteiger charge is -2.12. The highest BCUT2D eigenvalue weighted by Gasteiger charge is 2.17. The predicted octanol–water partition coefficient (Wildman–Crippen LogP) is 4.26. The van der Waals surface area contributed by atoms with E-state index in [4.69, 9.17) is 4.74 Å². The minimum Gasteiger partial charge on any atom is -0.449 e. The third-order valence-corrected chi connectivity index (χ3v) is 4.32. The number of esters is 1. The number of allylic oxidation sites excluding steroid dienone is 1. The third kappa shape index (κ3) is 3.33. The first-order valence-electron chi connectivity index (χ1n) is 8.70. The summed E-state index contributed by atoms with van der Waals surface area (Å²) in [7, 11) is 0. The summed E-state index contributed by atoms with van der Waals surface area (Å²) in [6.45, 7) is 6.25. The Labute approximate surface area is 152 Å². The van der Waals surface area contributed by atoms with E-state index >= 15 is 0 Å². The van der Waals surface area contributed by atoms with E-state index in [1.54, 1.807) is 19.9 Å². The fraction of sp³-hybridized carbons (Fsp3) is 0.238. The van der Waals surface area contributed by atoms with Gasteiger partial charge in [0.15, 0.2) is 6.10 Å². The minimum absolute atomic E-state index is 0.360. The molecule has 3 aromatic rings. The number of fused-ring (bicyclic) bond motifs is 3. The molecule has 0 unspecified atom stereocenters. The highest BCUT2D eigenvalue weighted by Crippen LogP contribution is 2.31. The van der Waals surface area contributed by atoms with Crippen LogP contribution in [0.25, 0.3) is 21.8 Å². The molecular weight excluding hydrogens is 328 g/mol. The van der Waals surface area contributed by atoms with Crippen LogP contribution in [-0.2, 0) is 20.9 Å². The second-order valence-electron chi connectivity index (χ2n) is 6.06. The van der Waals surface area contributed by atoms with Crippen LogP contribution in [0.15, 0.2) is 54.6 Å². The summed E-state index contributed by atoms with van der Waals surface area (Å²) >= 11 is 0. The maximum Gasteiger partial charge on any atom is 0.331 e. The Kier molecular flexibility index (Phi) is 5.07. The Bertz CT molecular complexity index is 1000. The van der Waals surface area contributed by atoms with Gasteiger partial charge in [-0.1, -0.05) is 24.3 Å². The van der Waals surface area contributed by atoms with Crippen LogP contribution in [0, 0.1) is 0 Å². The van der Waals surface area contributed by atoms with E-state index in [1.807, 2.05) is 30.3 Å². The van der Waals surface area contributed by atoms with E-state index in [0.29, 0.717) is 5.69 Å². The van der Waals surface area contributed by atoms with Gasteiger partial charge in [0.05, 0.1) is 0 Å². The van der Waals surface area contributed by atoms with Crippen molar-refractivity contribution in [1.29, 1.82) is 0 Å². The van der Waals surface area contributed by atoms with Crippen molar-refractivity contribution in [3.63, 3.8) is 0 Å². The molecule has 5 nitrogen and oxygen atoms in total. The zero-order chi connectivity index (χ0) is 18.7. The second kappa shape index (κ2) is 7.44.